The van der Waals surface area contributed by atoms with Crippen LogP contribution in [-0.4, -0.2) is 37.4 Å². The van der Waals surface area contributed by atoms with E-state index in [4.69, 9.17) is 13.9 Å². The summed E-state index contributed by atoms with van der Waals surface area (Å²) in [5.74, 6) is 0.819. The van der Waals surface area contributed by atoms with E-state index in [1.54, 1.807) is 55.6 Å². The predicted octanol–water partition coefficient (Wildman–Crippen LogP) is 3.57. The maximum absolute atomic E-state index is 12.4. The molecule has 4 rings (SSSR count). The van der Waals surface area contributed by atoms with Gasteiger partial charge in [-0.15, -0.1) is 0 Å². The fourth-order valence-corrected chi connectivity index (χ4v) is 3.64. The summed E-state index contributed by atoms with van der Waals surface area (Å²) in [7, 11) is 1.58. The number of amides is 1. The van der Waals surface area contributed by atoms with Crippen LogP contribution in [0.5, 0.6) is 11.5 Å². The Morgan fingerprint density at radius 3 is 2.44 bits per heavy atom. The van der Waals surface area contributed by atoms with E-state index in [2.05, 4.69) is 5.32 Å². The van der Waals surface area contributed by atoms with Gasteiger partial charge in [0.2, 0.25) is 0 Å². The zero-order valence-corrected chi connectivity index (χ0v) is 18.7. The second kappa shape index (κ2) is 10.7. The van der Waals surface area contributed by atoms with Crippen LogP contribution >= 0.6 is 0 Å². The molecule has 7 nitrogen and oxygen atoms in total. The molecule has 0 aliphatic carbocycles. The summed E-state index contributed by atoms with van der Waals surface area (Å²) in [5.41, 5.74) is 2.14. The first-order chi connectivity index (χ1) is 16.6. The molecular weight excluding hydrogens is 434 g/mol. The molecule has 3 aromatic carbocycles. The molecule has 1 aromatic heterocycles. The second-order valence-electron chi connectivity index (χ2n) is 7.80. The summed E-state index contributed by atoms with van der Waals surface area (Å²) >= 11 is 0. The van der Waals surface area contributed by atoms with Gasteiger partial charge in [0.1, 0.15) is 17.1 Å². The minimum atomic E-state index is -0.445. The third-order valence-electron chi connectivity index (χ3n) is 5.39. The minimum absolute atomic E-state index is 0.171. The fourth-order valence-electron chi connectivity index (χ4n) is 3.64. The van der Waals surface area contributed by atoms with Crippen molar-refractivity contribution < 1.29 is 23.8 Å². The Bertz CT molecular complexity index is 1310. The molecule has 0 radical (unpaired) electrons. The van der Waals surface area contributed by atoms with Crippen LogP contribution in [0.25, 0.3) is 22.1 Å². The Kier molecular flexibility index (Phi) is 7.25. The van der Waals surface area contributed by atoms with Gasteiger partial charge in [0, 0.05) is 5.39 Å². The molecule has 34 heavy (non-hydrogen) atoms. The van der Waals surface area contributed by atoms with E-state index in [9.17, 15) is 14.7 Å². The van der Waals surface area contributed by atoms with Crippen LogP contribution in [-0.2, 0) is 11.2 Å². The van der Waals surface area contributed by atoms with Crippen molar-refractivity contribution in [3.63, 3.8) is 0 Å². The summed E-state index contributed by atoms with van der Waals surface area (Å²) in [6.07, 6.45) is 0.526. The lowest BCUT2D eigenvalue weighted by Crippen LogP contribution is -2.41. The Labute approximate surface area is 196 Å². The number of aliphatic hydroxyl groups is 1. The van der Waals surface area contributed by atoms with Crippen molar-refractivity contribution in [3.8, 4) is 22.6 Å². The third kappa shape index (κ3) is 5.63. The lowest BCUT2D eigenvalue weighted by atomic mass is 10.1. The van der Waals surface area contributed by atoms with E-state index in [1.807, 2.05) is 30.3 Å². The first-order valence-electron chi connectivity index (χ1n) is 10.8. The molecule has 0 spiro atoms. The number of carbonyl (C=O) groups excluding carboxylic acids is 1. The van der Waals surface area contributed by atoms with Crippen molar-refractivity contribution in [3.05, 3.63) is 94.8 Å². The van der Waals surface area contributed by atoms with Gasteiger partial charge >= 0.3 is 5.63 Å². The average Bonchev–Trinajstić information content (AvgIpc) is 2.87. The zero-order chi connectivity index (χ0) is 23.9. The van der Waals surface area contributed by atoms with Crippen molar-refractivity contribution in [1.82, 2.24) is 5.32 Å². The van der Waals surface area contributed by atoms with E-state index in [0.717, 1.165) is 10.9 Å². The van der Waals surface area contributed by atoms with Gasteiger partial charge < -0.3 is 24.3 Å². The first kappa shape index (κ1) is 23.1. The smallest absolute Gasteiger partial charge is 0.344 e. The molecule has 1 atom stereocenters. The lowest BCUT2D eigenvalue weighted by molar-refractivity contribution is -0.124. The number of ether oxygens (including phenoxy) is 2. The molecule has 174 valence electrons. The van der Waals surface area contributed by atoms with Gasteiger partial charge in [-0.25, -0.2) is 4.79 Å². The Morgan fingerprint density at radius 1 is 1.00 bits per heavy atom. The maximum Gasteiger partial charge on any atom is 0.344 e. The zero-order valence-electron chi connectivity index (χ0n) is 18.7. The molecule has 1 unspecified atom stereocenters. The van der Waals surface area contributed by atoms with Crippen molar-refractivity contribution in [2.24, 2.45) is 0 Å². The highest BCUT2D eigenvalue weighted by Gasteiger charge is 2.13. The topological polar surface area (TPSA) is 98.0 Å². The largest absolute Gasteiger partial charge is 0.497 e. The molecule has 2 N–H and O–H groups in total. The number of methoxy groups -OCH3 is 1. The maximum atomic E-state index is 12.4. The highest BCUT2D eigenvalue weighted by atomic mass is 16.5. The molecule has 1 amide bonds. The van der Waals surface area contributed by atoms with Gasteiger partial charge in [-0.3, -0.25) is 4.79 Å². The Hall–Kier alpha value is -4.10. The number of aliphatic hydroxyl groups excluding tert-OH is 1. The number of fused-ring (bicyclic) bond motifs is 1. The number of rotatable bonds is 9. The van der Waals surface area contributed by atoms with Crippen molar-refractivity contribution >= 4 is 16.9 Å². The molecule has 0 saturated carbocycles. The van der Waals surface area contributed by atoms with E-state index in [-0.39, 0.29) is 19.1 Å². The van der Waals surface area contributed by atoms with Crippen molar-refractivity contribution in [2.75, 3.05) is 20.3 Å². The van der Waals surface area contributed by atoms with Crippen LogP contribution < -0.4 is 20.4 Å². The number of benzene rings is 3. The molecule has 4 aromatic rings. The van der Waals surface area contributed by atoms with Gasteiger partial charge in [0.15, 0.2) is 6.61 Å². The van der Waals surface area contributed by atoms with Gasteiger partial charge in [0.05, 0.1) is 25.3 Å². The second-order valence-corrected chi connectivity index (χ2v) is 7.80. The van der Waals surface area contributed by atoms with Crippen molar-refractivity contribution in [2.45, 2.75) is 12.5 Å². The summed E-state index contributed by atoms with van der Waals surface area (Å²) in [4.78, 5) is 24.7. The third-order valence-corrected chi connectivity index (χ3v) is 5.39. The van der Waals surface area contributed by atoms with Crippen molar-refractivity contribution in [1.29, 1.82) is 0 Å². The standard InChI is InChI=1S/C27H25NO6/c1-32-23-11-12-25-20(14-23)15-24(27(31)34-25)19-7-9-22(10-8-19)33-17-26(30)28-21(16-29)13-18-5-3-2-4-6-18/h2-12,14-15,21,29H,13,16-17H2,1H3,(H,28,30). The van der Waals surface area contributed by atoms with E-state index in [0.29, 0.717) is 34.6 Å². The monoisotopic (exact) mass is 459 g/mol. The number of hydrogen-bond acceptors (Lipinski definition) is 6. The SMILES string of the molecule is COc1ccc2oc(=O)c(-c3ccc(OCC(=O)NC(CO)Cc4ccccc4)cc3)cc2c1. The van der Waals surface area contributed by atoms with Gasteiger partial charge in [-0.05, 0) is 53.9 Å². The predicted molar refractivity (Wildman–Crippen MR) is 129 cm³/mol. The van der Waals surface area contributed by atoms with E-state index < -0.39 is 11.7 Å². The lowest BCUT2D eigenvalue weighted by Gasteiger charge is -2.16. The van der Waals surface area contributed by atoms with E-state index in [1.165, 1.54) is 0 Å². The quantitative estimate of drug-likeness (QED) is 0.372. The van der Waals surface area contributed by atoms with Gasteiger partial charge in [-0.1, -0.05) is 42.5 Å². The molecule has 0 saturated heterocycles. The molecular formula is C27H25NO6. The van der Waals surface area contributed by atoms with Crippen LogP contribution in [0.4, 0.5) is 0 Å². The summed E-state index contributed by atoms with van der Waals surface area (Å²) < 4.78 is 16.2. The summed E-state index contributed by atoms with van der Waals surface area (Å²) in [6.45, 7) is -0.363. The number of carbonyl (C=O) groups is 1. The molecule has 0 aliphatic heterocycles. The fraction of sp³-hybridized carbons (Fsp3) is 0.185. The highest BCUT2D eigenvalue weighted by Crippen LogP contribution is 2.25. The Morgan fingerprint density at radius 2 is 1.74 bits per heavy atom. The molecule has 7 heteroatoms. The van der Waals surface area contributed by atoms with Crippen LogP contribution in [0, 0.1) is 0 Å². The number of hydrogen-bond donors (Lipinski definition) is 2. The Balaban J connectivity index is 1.38. The normalized spacial score (nSPS) is 11.7. The summed E-state index contributed by atoms with van der Waals surface area (Å²) in [6, 6.07) is 23.1. The number of nitrogens with one attached hydrogen (secondary N) is 1. The molecule has 1 heterocycles. The van der Waals surface area contributed by atoms with Crippen LogP contribution in [0.2, 0.25) is 0 Å². The van der Waals surface area contributed by atoms with Gasteiger partial charge in [0.25, 0.3) is 5.91 Å². The van der Waals surface area contributed by atoms with Crippen LogP contribution in [0.1, 0.15) is 5.56 Å². The molecule has 0 bridgehead atoms. The molecule has 0 fully saturated rings. The van der Waals surface area contributed by atoms with Crippen LogP contribution in [0.3, 0.4) is 0 Å². The summed E-state index contributed by atoms with van der Waals surface area (Å²) in [5, 5.41) is 13.1. The van der Waals surface area contributed by atoms with E-state index >= 15 is 0 Å². The highest BCUT2D eigenvalue weighted by molar-refractivity contribution is 5.83. The average molecular weight is 459 g/mol. The first-order valence-corrected chi connectivity index (χ1v) is 10.8. The van der Waals surface area contributed by atoms with Gasteiger partial charge in [-0.2, -0.15) is 0 Å². The molecule has 0 aliphatic rings. The van der Waals surface area contributed by atoms with Crippen LogP contribution in [0.15, 0.2) is 88.1 Å². The minimum Gasteiger partial charge on any atom is -0.497 e.